The molecule has 0 aliphatic heterocycles. The van der Waals surface area contributed by atoms with Gasteiger partial charge in [0.15, 0.2) is 0 Å². The summed E-state index contributed by atoms with van der Waals surface area (Å²) in [5.41, 5.74) is 7.63. The first-order valence-electron chi connectivity index (χ1n) is 6.46. The van der Waals surface area contributed by atoms with Crippen molar-refractivity contribution in [2.45, 2.75) is 26.0 Å². The molecule has 0 heterocycles. The van der Waals surface area contributed by atoms with E-state index in [0.29, 0.717) is 18.8 Å². The highest BCUT2D eigenvalue weighted by atomic mass is 79.9. The molecule has 4 heteroatoms. The fourth-order valence-corrected chi connectivity index (χ4v) is 2.37. The van der Waals surface area contributed by atoms with Crippen LogP contribution in [0, 0.1) is 5.82 Å². The topological polar surface area (TPSA) is 35.2 Å². The maximum Gasteiger partial charge on any atom is 0.123 e. The van der Waals surface area contributed by atoms with Gasteiger partial charge in [0, 0.05) is 16.1 Å². The molecular formula is C16H17BrFNO. The Bertz CT molecular complexity index is 586. The first kappa shape index (κ1) is 15.0. The number of hydrogen-bond donors (Lipinski definition) is 1. The van der Waals surface area contributed by atoms with Crippen LogP contribution in [0.1, 0.15) is 18.1 Å². The molecule has 20 heavy (non-hydrogen) atoms. The lowest BCUT2D eigenvalue weighted by molar-refractivity contribution is 0.301. The van der Waals surface area contributed by atoms with Crippen LogP contribution < -0.4 is 10.5 Å². The monoisotopic (exact) mass is 337 g/mol. The van der Waals surface area contributed by atoms with Gasteiger partial charge in [-0.2, -0.15) is 0 Å². The minimum absolute atomic E-state index is 0.0392. The van der Waals surface area contributed by atoms with Gasteiger partial charge in [-0.3, -0.25) is 0 Å². The molecule has 0 amide bonds. The maximum atomic E-state index is 13.3. The summed E-state index contributed by atoms with van der Waals surface area (Å²) in [5, 5.41) is 0. The third-order valence-corrected chi connectivity index (χ3v) is 3.68. The number of benzene rings is 2. The zero-order chi connectivity index (χ0) is 14.5. The Morgan fingerprint density at radius 3 is 2.65 bits per heavy atom. The summed E-state index contributed by atoms with van der Waals surface area (Å²) in [5.74, 6) is 0.411. The number of ether oxygens (including phenoxy) is 1. The average Bonchev–Trinajstić information content (AvgIpc) is 2.39. The predicted octanol–water partition coefficient (Wildman–Crippen LogP) is 4.06. The lowest BCUT2D eigenvalue weighted by Gasteiger charge is -2.14. The van der Waals surface area contributed by atoms with Crippen molar-refractivity contribution in [2.75, 3.05) is 0 Å². The van der Waals surface area contributed by atoms with Crippen LogP contribution >= 0.6 is 15.9 Å². The van der Waals surface area contributed by atoms with Gasteiger partial charge < -0.3 is 10.5 Å². The van der Waals surface area contributed by atoms with Gasteiger partial charge in [0.2, 0.25) is 0 Å². The van der Waals surface area contributed by atoms with E-state index < -0.39 is 0 Å². The van der Waals surface area contributed by atoms with E-state index in [-0.39, 0.29) is 11.9 Å². The fourth-order valence-electron chi connectivity index (χ4n) is 1.97. The summed E-state index contributed by atoms with van der Waals surface area (Å²) in [6.07, 6.45) is 0.586. The molecule has 0 radical (unpaired) electrons. The SMILES string of the molecule is CC(N)Cc1cc(F)ccc1OCc1ccccc1Br. The molecule has 0 saturated carbocycles. The summed E-state index contributed by atoms with van der Waals surface area (Å²) in [4.78, 5) is 0. The molecule has 0 spiro atoms. The summed E-state index contributed by atoms with van der Waals surface area (Å²) >= 11 is 3.48. The van der Waals surface area contributed by atoms with Crippen molar-refractivity contribution in [1.29, 1.82) is 0 Å². The first-order chi connectivity index (χ1) is 9.56. The Hall–Kier alpha value is -1.39. The Labute approximate surface area is 126 Å². The Kier molecular flexibility index (Phi) is 5.15. The molecule has 2 aromatic rings. The second-order valence-corrected chi connectivity index (χ2v) is 5.67. The van der Waals surface area contributed by atoms with Gasteiger partial charge in [-0.05, 0) is 43.2 Å². The van der Waals surface area contributed by atoms with Gasteiger partial charge in [-0.25, -0.2) is 4.39 Å². The molecule has 0 aliphatic rings. The minimum atomic E-state index is -0.270. The fraction of sp³-hybridized carbons (Fsp3) is 0.250. The summed E-state index contributed by atoms with van der Waals surface area (Å²) < 4.78 is 20.1. The molecule has 2 aromatic carbocycles. The van der Waals surface area contributed by atoms with Gasteiger partial charge in [0.25, 0.3) is 0 Å². The Morgan fingerprint density at radius 2 is 1.95 bits per heavy atom. The number of rotatable bonds is 5. The molecule has 0 bridgehead atoms. The molecule has 106 valence electrons. The van der Waals surface area contributed by atoms with Crippen molar-refractivity contribution in [2.24, 2.45) is 5.73 Å². The lowest BCUT2D eigenvalue weighted by atomic mass is 10.1. The highest BCUT2D eigenvalue weighted by molar-refractivity contribution is 9.10. The summed E-state index contributed by atoms with van der Waals surface area (Å²) in [6.45, 7) is 2.32. The van der Waals surface area contributed by atoms with E-state index >= 15 is 0 Å². The Balaban J connectivity index is 2.15. The number of nitrogens with two attached hydrogens (primary N) is 1. The Morgan fingerprint density at radius 1 is 1.20 bits per heavy atom. The van der Waals surface area contributed by atoms with Crippen molar-refractivity contribution in [3.05, 3.63) is 63.9 Å². The zero-order valence-electron chi connectivity index (χ0n) is 11.3. The van der Waals surface area contributed by atoms with Gasteiger partial charge in [0.05, 0.1) is 0 Å². The van der Waals surface area contributed by atoms with Crippen molar-refractivity contribution in [3.63, 3.8) is 0 Å². The summed E-state index contributed by atoms with van der Waals surface area (Å²) in [6, 6.07) is 12.4. The van der Waals surface area contributed by atoms with Crippen molar-refractivity contribution < 1.29 is 9.13 Å². The van der Waals surface area contributed by atoms with Crippen LogP contribution in [0.2, 0.25) is 0 Å². The minimum Gasteiger partial charge on any atom is -0.489 e. The molecular weight excluding hydrogens is 321 g/mol. The van der Waals surface area contributed by atoms with Gasteiger partial charge >= 0.3 is 0 Å². The second-order valence-electron chi connectivity index (χ2n) is 4.81. The van der Waals surface area contributed by atoms with Gasteiger partial charge in [0.1, 0.15) is 18.2 Å². The van der Waals surface area contributed by atoms with Crippen LogP contribution in [-0.2, 0) is 13.0 Å². The summed E-state index contributed by atoms with van der Waals surface area (Å²) in [7, 11) is 0. The molecule has 0 aliphatic carbocycles. The van der Waals surface area contributed by atoms with Crippen LogP contribution in [-0.4, -0.2) is 6.04 Å². The molecule has 1 atom stereocenters. The van der Waals surface area contributed by atoms with E-state index in [0.717, 1.165) is 15.6 Å². The predicted molar refractivity (Wildman–Crippen MR) is 82.2 cm³/mol. The number of halogens is 2. The molecule has 2 nitrogen and oxygen atoms in total. The van der Waals surface area contributed by atoms with E-state index in [1.54, 1.807) is 6.07 Å². The molecule has 0 saturated heterocycles. The molecule has 2 rings (SSSR count). The second kappa shape index (κ2) is 6.86. The van der Waals surface area contributed by atoms with E-state index in [1.807, 2.05) is 31.2 Å². The van der Waals surface area contributed by atoms with Gasteiger partial charge in [-0.15, -0.1) is 0 Å². The molecule has 2 N–H and O–H groups in total. The van der Waals surface area contributed by atoms with Crippen LogP contribution in [0.5, 0.6) is 5.75 Å². The van der Waals surface area contributed by atoms with Crippen LogP contribution in [0.3, 0.4) is 0 Å². The zero-order valence-corrected chi connectivity index (χ0v) is 12.9. The largest absolute Gasteiger partial charge is 0.489 e. The van der Waals surface area contributed by atoms with E-state index in [2.05, 4.69) is 15.9 Å². The number of hydrogen-bond acceptors (Lipinski definition) is 2. The molecule has 0 aromatic heterocycles. The van der Waals surface area contributed by atoms with Gasteiger partial charge in [-0.1, -0.05) is 34.1 Å². The van der Waals surface area contributed by atoms with E-state index in [9.17, 15) is 4.39 Å². The molecule has 1 unspecified atom stereocenters. The van der Waals surface area contributed by atoms with E-state index in [4.69, 9.17) is 10.5 Å². The highest BCUT2D eigenvalue weighted by Gasteiger charge is 2.09. The smallest absolute Gasteiger partial charge is 0.123 e. The van der Waals surface area contributed by atoms with Crippen LogP contribution in [0.4, 0.5) is 4.39 Å². The third kappa shape index (κ3) is 4.05. The average molecular weight is 338 g/mol. The third-order valence-electron chi connectivity index (χ3n) is 2.91. The highest BCUT2D eigenvalue weighted by Crippen LogP contribution is 2.24. The molecule has 0 fully saturated rings. The first-order valence-corrected chi connectivity index (χ1v) is 7.26. The van der Waals surface area contributed by atoms with Crippen molar-refractivity contribution >= 4 is 15.9 Å². The van der Waals surface area contributed by atoms with Crippen LogP contribution in [0.25, 0.3) is 0 Å². The standard InChI is InChI=1S/C16H17BrFNO/c1-11(19)8-13-9-14(18)6-7-16(13)20-10-12-4-2-3-5-15(12)17/h2-7,9,11H,8,10,19H2,1H3. The normalized spacial score (nSPS) is 12.2. The van der Waals surface area contributed by atoms with Crippen molar-refractivity contribution in [3.8, 4) is 5.75 Å². The van der Waals surface area contributed by atoms with E-state index in [1.165, 1.54) is 12.1 Å². The quantitative estimate of drug-likeness (QED) is 0.892. The lowest BCUT2D eigenvalue weighted by Crippen LogP contribution is -2.18. The van der Waals surface area contributed by atoms with Crippen LogP contribution in [0.15, 0.2) is 46.9 Å². The maximum absolute atomic E-state index is 13.3. The van der Waals surface area contributed by atoms with Crippen molar-refractivity contribution in [1.82, 2.24) is 0 Å².